The van der Waals surface area contributed by atoms with Gasteiger partial charge in [0.25, 0.3) is 0 Å². The lowest BCUT2D eigenvalue weighted by atomic mass is 10.2. The Hall–Kier alpha value is -2.27. The van der Waals surface area contributed by atoms with E-state index in [1.165, 1.54) is 12.8 Å². The van der Waals surface area contributed by atoms with E-state index < -0.39 is 0 Å². The largest absolute Gasteiger partial charge is 0.491 e. The van der Waals surface area contributed by atoms with E-state index in [1.807, 2.05) is 62.4 Å². The number of thiocarbonyl (C=S) groups is 1. The van der Waals surface area contributed by atoms with Crippen molar-refractivity contribution in [2.75, 3.05) is 11.9 Å². The molecule has 0 radical (unpaired) electrons. The lowest BCUT2D eigenvalue weighted by Gasteiger charge is -2.18. The van der Waals surface area contributed by atoms with Crippen LogP contribution in [-0.4, -0.2) is 23.9 Å². The average molecular weight is 385 g/mol. The van der Waals surface area contributed by atoms with Crippen molar-refractivity contribution in [3.8, 4) is 11.5 Å². The van der Waals surface area contributed by atoms with Gasteiger partial charge in [0, 0.05) is 5.69 Å². The first-order valence-electron chi connectivity index (χ1n) is 9.63. The van der Waals surface area contributed by atoms with Crippen LogP contribution in [0.3, 0.4) is 0 Å². The lowest BCUT2D eigenvalue weighted by Crippen LogP contribution is -2.39. The molecule has 0 heterocycles. The Morgan fingerprint density at radius 3 is 2.52 bits per heavy atom. The second kappa shape index (κ2) is 9.60. The quantitative estimate of drug-likeness (QED) is 0.653. The Labute approximate surface area is 167 Å². The molecule has 0 aliphatic heterocycles. The Morgan fingerprint density at radius 1 is 1.11 bits per heavy atom. The molecule has 2 N–H and O–H groups in total. The van der Waals surface area contributed by atoms with Crippen molar-refractivity contribution in [2.24, 2.45) is 0 Å². The lowest BCUT2D eigenvalue weighted by molar-refractivity contribution is 0.210. The van der Waals surface area contributed by atoms with Crippen LogP contribution in [-0.2, 0) is 0 Å². The van der Waals surface area contributed by atoms with Gasteiger partial charge < -0.3 is 20.1 Å². The first-order valence-corrected chi connectivity index (χ1v) is 10.0. The summed E-state index contributed by atoms with van der Waals surface area (Å²) in [5, 5.41) is 7.05. The fourth-order valence-electron chi connectivity index (χ4n) is 3.18. The van der Waals surface area contributed by atoms with Gasteiger partial charge in [-0.15, -0.1) is 0 Å². The molecule has 0 bridgehead atoms. The zero-order chi connectivity index (χ0) is 19.1. The molecule has 1 aliphatic carbocycles. The Kier molecular flexibility index (Phi) is 6.93. The first kappa shape index (κ1) is 19.5. The molecule has 0 saturated heterocycles. The second-order valence-corrected chi connectivity index (χ2v) is 7.53. The standard InChI is InChI=1S/C22H28N2O2S/c1-16-7-3-6-10-21(16)25-15-17(2)23-22(27)24-18-11-13-20(14-12-18)26-19-8-4-5-9-19/h3,6-7,10-14,17,19H,4-5,8-9,15H2,1-2H3,(H2,23,24,27). The SMILES string of the molecule is Cc1ccccc1OCC(C)NC(=S)Nc1ccc(OC2CCCC2)cc1. The summed E-state index contributed by atoms with van der Waals surface area (Å²) in [6.45, 7) is 4.63. The van der Waals surface area contributed by atoms with Crippen LogP contribution in [0.15, 0.2) is 48.5 Å². The molecule has 5 heteroatoms. The third-order valence-corrected chi connectivity index (χ3v) is 4.90. The summed E-state index contributed by atoms with van der Waals surface area (Å²) >= 11 is 5.41. The number of hydrogen-bond acceptors (Lipinski definition) is 3. The third-order valence-electron chi connectivity index (χ3n) is 4.68. The van der Waals surface area contributed by atoms with Crippen LogP contribution in [0.25, 0.3) is 0 Å². The second-order valence-electron chi connectivity index (χ2n) is 7.12. The van der Waals surface area contributed by atoms with Gasteiger partial charge in [-0.25, -0.2) is 0 Å². The van der Waals surface area contributed by atoms with E-state index in [4.69, 9.17) is 21.7 Å². The number of ether oxygens (including phenoxy) is 2. The molecular formula is C22H28N2O2S. The van der Waals surface area contributed by atoms with Gasteiger partial charge in [0.05, 0.1) is 12.1 Å². The Balaban J connectivity index is 1.42. The molecule has 1 atom stereocenters. The van der Waals surface area contributed by atoms with Crippen LogP contribution in [0.2, 0.25) is 0 Å². The van der Waals surface area contributed by atoms with Crippen molar-refractivity contribution >= 4 is 23.0 Å². The molecule has 1 saturated carbocycles. The highest BCUT2D eigenvalue weighted by molar-refractivity contribution is 7.80. The third kappa shape index (κ3) is 6.14. The topological polar surface area (TPSA) is 42.5 Å². The normalized spacial score (nSPS) is 15.2. The molecule has 144 valence electrons. The van der Waals surface area contributed by atoms with E-state index in [9.17, 15) is 0 Å². The number of aryl methyl sites for hydroxylation is 1. The predicted octanol–water partition coefficient (Wildman–Crippen LogP) is 5.07. The molecular weight excluding hydrogens is 356 g/mol. The minimum absolute atomic E-state index is 0.0922. The molecule has 4 nitrogen and oxygen atoms in total. The number of para-hydroxylation sites is 1. The summed E-state index contributed by atoms with van der Waals surface area (Å²) in [7, 11) is 0. The number of benzene rings is 2. The van der Waals surface area contributed by atoms with Crippen LogP contribution in [0.1, 0.15) is 38.2 Å². The zero-order valence-electron chi connectivity index (χ0n) is 16.0. The molecule has 3 rings (SSSR count). The van der Waals surface area contributed by atoms with Gasteiger partial charge in [0.1, 0.15) is 18.1 Å². The van der Waals surface area contributed by atoms with Gasteiger partial charge in [-0.1, -0.05) is 18.2 Å². The van der Waals surface area contributed by atoms with Crippen molar-refractivity contribution in [1.82, 2.24) is 5.32 Å². The number of rotatable bonds is 7. The van der Waals surface area contributed by atoms with Gasteiger partial charge in [0.15, 0.2) is 5.11 Å². The van der Waals surface area contributed by atoms with Crippen molar-refractivity contribution in [2.45, 2.75) is 51.7 Å². The van der Waals surface area contributed by atoms with E-state index >= 15 is 0 Å². The Bertz CT molecular complexity index is 742. The Morgan fingerprint density at radius 2 is 1.81 bits per heavy atom. The monoisotopic (exact) mass is 384 g/mol. The van der Waals surface area contributed by atoms with E-state index in [-0.39, 0.29) is 6.04 Å². The summed E-state index contributed by atoms with van der Waals surface area (Å²) in [5.41, 5.74) is 2.07. The number of anilines is 1. The van der Waals surface area contributed by atoms with Gasteiger partial charge >= 0.3 is 0 Å². The highest BCUT2D eigenvalue weighted by atomic mass is 32.1. The predicted molar refractivity (Wildman–Crippen MR) is 115 cm³/mol. The summed E-state index contributed by atoms with van der Waals surface area (Å²) in [6.07, 6.45) is 5.25. The molecule has 1 aliphatic rings. The van der Waals surface area contributed by atoms with E-state index in [1.54, 1.807) is 0 Å². The van der Waals surface area contributed by atoms with Gasteiger partial charge in [-0.2, -0.15) is 0 Å². The molecule has 0 amide bonds. The maximum Gasteiger partial charge on any atom is 0.171 e. The van der Waals surface area contributed by atoms with Gasteiger partial charge in [-0.3, -0.25) is 0 Å². The van der Waals surface area contributed by atoms with E-state index in [0.29, 0.717) is 17.8 Å². The molecule has 27 heavy (non-hydrogen) atoms. The molecule has 2 aromatic carbocycles. The number of hydrogen-bond donors (Lipinski definition) is 2. The van der Waals surface area contributed by atoms with Crippen molar-refractivity contribution in [3.05, 3.63) is 54.1 Å². The average Bonchev–Trinajstić information content (AvgIpc) is 3.16. The smallest absolute Gasteiger partial charge is 0.171 e. The molecule has 0 spiro atoms. The zero-order valence-corrected chi connectivity index (χ0v) is 16.9. The van der Waals surface area contributed by atoms with E-state index in [0.717, 1.165) is 35.6 Å². The van der Waals surface area contributed by atoms with Crippen molar-refractivity contribution in [1.29, 1.82) is 0 Å². The maximum atomic E-state index is 5.99. The highest BCUT2D eigenvalue weighted by Gasteiger charge is 2.16. The van der Waals surface area contributed by atoms with Gasteiger partial charge in [-0.05, 0) is 87.6 Å². The van der Waals surface area contributed by atoms with Crippen LogP contribution in [0.5, 0.6) is 11.5 Å². The van der Waals surface area contributed by atoms with Crippen molar-refractivity contribution in [3.63, 3.8) is 0 Å². The summed E-state index contributed by atoms with van der Waals surface area (Å²) < 4.78 is 11.9. The summed E-state index contributed by atoms with van der Waals surface area (Å²) in [5.74, 6) is 1.83. The number of nitrogens with one attached hydrogen (secondary N) is 2. The first-order chi connectivity index (χ1) is 13.1. The molecule has 2 aromatic rings. The fraction of sp³-hybridized carbons (Fsp3) is 0.409. The van der Waals surface area contributed by atoms with Crippen LogP contribution in [0, 0.1) is 6.92 Å². The molecule has 0 aromatic heterocycles. The fourth-order valence-corrected chi connectivity index (χ4v) is 3.50. The van der Waals surface area contributed by atoms with Crippen LogP contribution in [0.4, 0.5) is 5.69 Å². The van der Waals surface area contributed by atoms with Crippen LogP contribution < -0.4 is 20.1 Å². The minimum atomic E-state index is 0.0922. The summed E-state index contributed by atoms with van der Waals surface area (Å²) in [4.78, 5) is 0. The van der Waals surface area contributed by atoms with Crippen molar-refractivity contribution < 1.29 is 9.47 Å². The van der Waals surface area contributed by atoms with Crippen LogP contribution >= 0.6 is 12.2 Å². The van der Waals surface area contributed by atoms with Gasteiger partial charge in [0.2, 0.25) is 0 Å². The minimum Gasteiger partial charge on any atom is -0.491 e. The highest BCUT2D eigenvalue weighted by Crippen LogP contribution is 2.25. The maximum absolute atomic E-state index is 5.99. The van der Waals surface area contributed by atoms with E-state index in [2.05, 4.69) is 10.6 Å². The summed E-state index contributed by atoms with van der Waals surface area (Å²) in [6, 6.07) is 16.1. The molecule has 1 fully saturated rings. The molecule has 1 unspecified atom stereocenters.